The van der Waals surface area contributed by atoms with Crippen molar-refractivity contribution in [3.05, 3.63) is 89.5 Å². The van der Waals surface area contributed by atoms with Crippen LogP contribution in [-0.2, 0) is 17.8 Å². The summed E-state index contributed by atoms with van der Waals surface area (Å²) in [4.78, 5) is 10.9. The molecular formula is C28H29NO2. The molecule has 2 aliphatic rings. The predicted octanol–water partition coefficient (Wildman–Crippen LogP) is 5.88. The maximum Gasteiger partial charge on any atom is 0.123 e. The fourth-order valence-electron chi connectivity index (χ4n) is 4.84. The molecule has 2 aliphatic carbocycles. The molecule has 31 heavy (non-hydrogen) atoms. The minimum absolute atomic E-state index is 0.262. The summed E-state index contributed by atoms with van der Waals surface area (Å²) in [6.45, 7) is 0.574. The van der Waals surface area contributed by atoms with Crippen molar-refractivity contribution in [2.24, 2.45) is 5.92 Å². The Morgan fingerprint density at radius 2 is 1.71 bits per heavy atom. The number of benzene rings is 3. The average Bonchev–Trinajstić information content (AvgIpc) is 2.80. The van der Waals surface area contributed by atoms with Crippen LogP contribution in [0.3, 0.4) is 0 Å². The molecule has 0 spiro atoms. The van der Waals surface area contributed by atoms with Crippen LogP contribution < -0.4 is 10.1 Å². The Morgan fingerprint density at radius 1 is 0.935 bits per heavy atom. The highest BCUT2D eigenvalue weighted by molar-refractivity contribution is 5.63. The molecule has 0 bridgehead atoms. The standard InChI is InChI=1S/C28H29NO2/c30-18-21-15-25(16-21)29-28-8-4-7-24-17-26(13-14-27(24)28)31-19-20-9-11-23(12-10-20)22-5-2-1-3-6-22/h1-3,5-6,9-14,17-18,21,25,28-29H,4,7-8,15-16,19H2/t21-,25-,28?. The molecular weight excluding hydrogens is 382 g/mol. The number of hydrogen-bond donors (Lipinski definition) is 1. The highest BCUT2D eigenvalue weighted by atomic mass is 16.5. The zero-order chi connectivity index (χ0) is 21.0. The lowest BCUT2D eigenvalue weighted by atomic mass is 9.79. The number of hydrogen-bond acceptors (Lipinski definition) is 3. The first-order valence-corrected chi connectivity index (χ1v) is 11.4. The van der Waals surface area contributed by atoms with Gasteiger partial charge in [-0.05, 0) is 72.1 Å². The number of carbonyl (C=O) groups excluding carboxylic acids is 1. The van der Waals surface area contributed by atoms with Crippen LogP contribution in [0.2, 0.25) is 0 Å². The smallest absolute Gasteiger partial charge is 0.123 e. The van der Waals surface area contributed by atoms with Gasteiger partial charge in [-0.2, -0.15) is 0 Å². The largest absolute Gasteiger partial charge is 0.489 e. The summed E-state index contributed by atoms with van der Waals surface area (Å²) >= 11 is 0. The average molecular weight is 412 g/mol. The fourth-order valence-corrected chi connectivity index (χ4v) is 4.84. The van der Waals surface area contributed by atoms with Crippen molar-refractivity contribution in [2.45, 2.75) is 50.8 Å². The first-order valence-electron chi connectivity index (χ1n) is 11.4. The molecule has 3 heteroatoms. The van der Waals surface area contributed by atoms with Gasteiger partial charge in [0.15, 0.2) is 0 Å². The third kappa shape index (κ3) is 4.57. The molecule has 1 saturated carbocycles. The van der Waals surface area contributed by atoms with Gasteiger partial charge in [-0.15, -0.1) is 0 Å². The molecule has 3 aromatic rings. The lowest BCUT2D eigenvalue weighted by Gasteiger charge is -2.37. The molecule has 5 rings (SSSR count). The zero-order valence-corrected chi connectivity index (χ0v) is 17.8. The predicted molar refractivity (Wildman–Crippen MR) is 124 cm³/mol. The first kappa shape index (κ1) is 20.0. The minimum atomic E-state index is 0.262. The van der Waals surface area contributed by atoms with Crippen LogP contribution in [0.5, 0.6) is 5.75 Å². The van der Waals surface area contributed by atoms with Gasteiger partial charge in [0.1, 0.15) is 18.6 Å². The molecule has 0 saturated heterocycles. The fraction of sp³-hybridized carbons (Fsp3) is 0.321. The summed E-state index contributed by atoms with van der Waals surface area (Å²) in [5.74, 6) is 1.20. The van der Waals surface area contributed by atoms with E-state index in [1.807, 2.05) is 6.07 Å². The molecule has 1 unspecified atom stereocenters. The van der Waals surface area contributed by atoms with Crippen molar-refractivity contribution in [3.8, 4) is 16.9 Å². The normalized spacial score (nSPS) is 22.3. The molecule has 0 aromatic heterocycles. The van der Waals surface area contributed by atoms with E-state index in [0.717, 1.165) is 31.3 Å². The maximum atomic E-state index is 10.9. The van der Waals surface area contributed by atoms with Crippen LogP contribution in [0.4, 0.5) is 0 Å². The quantitative estimate of drug-likeness (QED) is 0.494. The second-order valence-electron chi connectivity index (χ2n) is 8.89. The Labute approximate surface area is 184 Å². The first-order chi connectivity index (χ1) is 15.3. The van der Waals surface area contributed by atoms with E-state index in [2.05, 4.69) is 72.0 Å². The number of aldehydes is 1. The van der Waals surface area contributed by atoms with Gasteiger partial charge in [-0.3, -0.25) is 0 Å². The highest BCUT2D eigenvalue weighted by Crippen LogP contribution is 2.35. The van der Waals surface area contributed by atoms with E-state index in [4.69, 9.17) is 4.74 Å². The van der Waals surface area contributed by atoms with Crippen LogP contribution in [0, 0.1) is 5.92 Å². The third-order valence-electron chi connectivity index (χ3n) is 6.70. The van der Waals surface area contributed by atoms with E-state index >= 15 is 0 Å². The van der Waals surface area contributed by atoms with E-state index in [9.17, 15) is 4.79 Å². The Kier molecular flexibility index (Phi) is 5.86. The molecule has 0 amide bonds. The van der Waals surface area contributed by atoms with Crippen LogP contribution in [-0.4, -0.2) is 12.3 Å². The van der Waals surface area contributed by atoms with Crippen LogP contribution >= 0.6 is 0 Å². The molecule has 3 nitrogen and oxygen atoms in total. The monoisotopic (exact) mass is 411 g/mol. The van der Waals surface area contributed by atoms with Gasteiger partial charge in [0.05, 0.1) is 0 Å². The maximum absolute atomic E-state index is 10.9. The van der Waals surface area contributed by atoms with E-state index in [-0.39, 0.29) is 5.92 Å². The zero-order valence-electron chi connectivity index (χ0n) is 17.8. The second-order valence-corrected chi connectivity index (χ2v) is 8.89. The van der Waals surface area contributed by atoms with Gasteiger partial charge in [-0.1, -0.05) is 60.7 Å². The van der Waals surface area contributed by atoms with Crippen molar-refractivity contribution < 1.29 is 9.53 Å². The van der Waals surface area contributed by atoms with Crippen LogP contribution in [0.15, 0.2) is 72.8 Å². The summed E-state index contributed by atoms with van der Waals surface area (Å²) < 4.78 is 6.12. The minimum Gasteiger partial charge on any atom is -0.489 e. The molecule has 3 aromatic carbocycles. The second kappa shape index (κ2) is 9.07. The molecule has 0 aliphatic heterocycles. The van der Waals surface area contributed by atoms with Gasteiger partial charge in [0.25, 0.3) is 0 Å². The van der Waals surface area contributed by atoms with E-state index in [0.29, 0.717) is 18.7 Å². The van der Waals surface area contributed by atoms with Crippen molar-refractivity contribution >= 4 is 6.29 Å². The number of fused-ring (bicyclic) bond motifs is 1. The van der Waals surface area contributed by atoms with Gasteiger partial charge >= 0.3 is 0 Å². The van der Waals surface area contributed by atoms with E-state index in [1.54, 1.807) is 0 Å². The Balaban J connectivity index is 1.20. The third-order valence-corrected chi connectivity index (χ3v) is 6.70. The van der Waals surface area contributed by atoms with E-state index < -0.39 is 0 Å². The van der Waals surface area contributed by atoms with Crippen LogP contribution in [0.1, 0.15) is 48.4 Å². The SMILES string of the molecule is O=C[C@H]1C[C@H](NC2CCCc3cc(OCc4ccc(-c5ccccc5)cc4)ccc32)C1. The van der Waals surface area contributed by atoms with Crippen molar-refractivity contribution in [1.29, 1.82) is 0 Å². The summed E-state index contributed by atoms with van der Waals surface area (Å²) in [6, 6.07) is 26.5. The van der Waals surface area contributed by atoms with Gasteiger partial charge in [0.2, 0.25) is 0 Å². The summed E-state index contributed by atoms with van der Waals surface area (Å²) in [5, 5.41) is 3.77. The molecule has 1 N–H and O–H groups in total. The summed E-state index contributed by atoms with van der Waals surface area (Å²) in [5.41, 5.74) is 6.43. The summed E-state index contributed by atoms with van der Waals surface area (Å²) in [6.07, 6.45) is 6.55. The summed E-state index contributed by atoms with van der Waals surface area (Å²) in [7, 11) is 0. The number of ether oxygens (including phenoxy) is 1. The topological polar surface area (TPSA) is 38.3 Å². The van der Waals surface area contributed by atoms with Crippen molar-refractivity contribution in [3.63, 3.8) is 0 Å². The number of carbonyl (C=O) groups is 1. The Bertz CT molecular complexity index is 1020. The lowest BCUT2D eigenvalue weighted by Crippen LogP contribution is -2.44. The lowest BCUT2D eigenvalue weighted by molar-refractivity contribution is -0.113. The van der Waals surface area contributed by atoms with E-state index in [1.165, 1.54) is 40.7 Å². The van der Waals surface area contributed by atoms with Crippen LogP contribution in [0.25, 0.3) is 11.1 Å². The van der Waals surface area contributed by atoms with Gasteiger partial charge < -0.3 is 14.8 Å². The molecule has 0 heterocycles. The van der Waals surface area contributed by atoms with Crippen molar-refractivity contribution in [2.75, 3.05) is 0 Å². The molecule has 0 radical (unpaired) electrons. The Hall–Kier alpha value is -2.91. The highest BCUT2D eigenvalue weighted by Gasteiger charge is 2.31. The van der Waals surface area contributed by atoms with Gasteiger partial charge in [-0.25, -0.2) is 0 Å². The molecule has 1 fully saturated rings. The number of rotatable bonds is 7. The van der Waals surface area contributed by atoms with Gasteiger partial charge in [0, 0.05) is 18.0 Å². The molecule has 158 valence electrons. The Morgan fingerprint density at radius 3 is 2.48 bits per heavy atom. The number of aryl methyl sites for hydroxylation is 1. The number of nitrogens with one attached hydrogen (secondary N) is 1. The van der Waals surface area contributed by atoms with Crippen molar-refractivity contribution in [1.82, 2.24) is 5.32 Å². The molecule has 1 atom stereocenters.